The van der Waals surface area contributed by atoms with Crippen LogP contribution in [0, 0.1) is 6.92 Å². The lowest BCUT2D eigenvalue weighted by atomic mass is 10.0. The first-order valence-electron chi connectivity index (χ1n) is 8.50. The van der Waals surface area contributed by atoms with Crippen molar-refractivity contribution in [1.29, 1.82) is 0 Å². The standard InChI is InChI=1S/C18H21N5O2/c1-13-16-17(20-12-21-18(16)25-22-13)19-11-15(14-5-3-2-4-6-14)23-7-9-24-10-8-23/h2-6,12,15H,7-11H2,1H3,(H,19,20,21). The van der Waals surface area contributed by atoms with E-state index in [2.05, 4.69) is 49.6 Å². The number of ether oxygens (including phenoxy) is 1. The van der Waals surface area contributed by atoms with Crippen molar-refractivity contribution in [2.45, 2.75) is 13.0 Å². The van der Waals surface area contributed by atoms with E-state index in [0.717, 1.165) is 49.7 Å². The van der Waals surface area contributed by atoms with E-state index in [1.807, 2.05) is 13.0 Å². The molecule has 25 heavy (non-hydrogen) atoms. The van der Waals surface area contributed by atoms with Crippen LogP contribution in [-0.4, -0.2) is 52.9 Å². The third kappa shape index (κ3) is 3.33. The number of morpholine rings is 1. The van der Waals surface area contributed by atoms with Crippen LogP contribution in [0.4, 0.5) is 5.82 Å². The number of benzene rings is 1. The van der Waals surface area contributed by atoms with Crippen LogP contribution in [0.1, 0.15) is 17.3 Å². The van der Waals surface area contributed by atoms with E-state index < -0.39 is 0 Å². The second-order valence-corrected chi connectivity index (χ2v) is 6.13. The van der Waals surface area contributed by atoms with Crippen molar-refractivity contribution in [2.24, 2.45) is 0 Å². The quantitative estimate of drug-likeness (QED) is 0.765. The van der Waals surface area contributed by atoms with Gasteiger partial charge in [0, 0.05) is 19.6 Å². The van der Waals surface area contributed by atoms with Gasteiger partial charge in [-0.3, -0.25) is 4.90 Å². The molecule has 2 aromatic heterocycles. The SMILES string of the molecule is Cc1noc2ncnc(NCC(c3ccccc3)N3CCOCC3)c12. The number of nitrogens with zero attached hydrogens (tertiary/aromatic N) is 4. The third-order valence-electron chi connectivity index (χ3n) is 4.58. The van der Waals surface area contributed by atoms with E-state index in [0.29, 0.717) is 5.71 Å². The number of anilines is 1. The Hall–Kier alpha value is -2.51. The molecular formula is C18H21N5O2. The average molecular weight is 339 g/mol. The van der Waals surface area contributed by atoms with Crippen molar-refractivity contribution in [3.63, 3.8) is 0 Å². The molecule has 0 spiro atoms. The number of hydrogen-bond donors (Lipinski definition) is 1. The van der Waals surface area contributed by atoms with Gasteiger partial charge in [-0.25, -0.2) is 4.98 Å². The lowest BCUT2D eigenvalue weighted by molar-refractivity contribution is 0.0187. The van der Waals surface area contributed by atoms with Crippen molar-refractivity contribution in [2.75, 3.05) is 38.2 Å². The van der Waals surface area contributed by atoms with E-state index in [9.17, 15) is 0 Å². The molecule has 7 nitrogen and oxygen atoms in total. The zero-order valence-electron chi connectivity index (χ0n) is 14.2. The first-order valence-corrected chi connectivity index (χ1v) is 8.50. The van der Waals surface area contributed by atoms with Gasteiger partial charge in [-0.15, -0.1) is 0 Å². The van der Waals surface area contributed by atoms with E-state index >= 15 is 0 Å². The number of rotatable bonds is 5. The van der Waals surface area contributed by atoms with Crippen LogP contribution in [0.3, 0.4) is 0 Å². The summed E-state index contributed by atoms with van der Waals surface area (Å²) in [5, 5.41) is 8.31. The predicted octanol–water partition coefficient (Wildman–Crippen LogP) is 2.41. The van der Waals surface area contributed by atoms with Gasteiger partial charge in [0.1, 0.15) is 17.5 Å². The summed E-state index contributed by atoms with van der Waals surface area (Å²) in [6, 6.07) is 10.8. The molecule has 3 aromatic rings. The summed E-state index contributed by atoms with van der Waals surface area (Å²) in [6.07, 6.45) is 1.50. The molecule has 1 aromatic carbocycles. The topological polar surface area (TPSA) is 76.3 Å². The summed E-state index contributed by atoms with van der Waals surface area (Å²) in [7, 11) is 0. The number of nitrogens with one attached hydrogen (secondary N) is 1. The van der Waals surface area contributed by atoms with Gasteiger partial charge in [0.2, 0.25) is 0 Å². The minimum Gasteiger partial charge on any atom is -0.379 e. The highest BCUT2D eigenvalue weighted by Crippen LogP contribution is 2.26. The number of fused-ring (bicyclic) bond motifs is 1. The van der Waals surface area contributed by atoms with Crippen LogP contribution in [0.25, 0.3) is 11.1 Å². The van der Waals surface area contributed by atoms with Crippen molar-refractivity contribution in [3.05, 3.63) is 47.9 Å². The van der Waals surface area contributed by atoms with Crippen molar-refractivity contribution in [3.8, 4) is 0 Å². The molecule has 0 bridgehead atoms. The van der Waals surface area contributed by atoms with Gasteiger partial charge in [-0.1, -0.05) is 35.5 Å². The Kier molecular flexibility index (Phi) is 4.58. The molecule has 0 amide bonds. The minimum absolute atomic E-state index is 0.246. The second kappa shape index (κ2) is 7.16. The second-order valence-electron chi connectivity index (χ2n) is 6.13. The molecule has 0 aliphatic carbocycles. The largest absolute Gasteiger partial charge is 0.379 e. The highest BCUT2D eigenvalue weighted by atomic mass is 16.5. The van der Waals surface area contributed by atoms with Gasteiger partial charge < -0.3 is 14.6 Å². The first kappa shape index (κ1) is 16.0. The fraction of sp³-hybridized carbons (Fsp3) is 0.389. The van der Waals surface area contributed by atoms with E-state index in [1.165, 1.54) is 11.9 Å². The molecule has 1 fully saturated rings. The molecule has 4 rings (SSSR count). The van der Waals surface area contributed by atoms with Gasteiger partial charge in [0.25, 0.3) is 5.71 Å². The monoisotopic (exact) mass is 339 g/mol. The molecule has 1 N–H and O–H groups in total. The summed E-state index contributed by atoms with van der Waals surface area (Å²) in [4.78, 5) is 11.0. The molecule has 1 unspecified atom stereocenters. The van der Waals surface area contributed by atoms with Gasteiger partial charge in [0.15, 0.2) is 0 Å². The molecule has 1 aliphatic heterocycles. The van der Waals surface area contributed by atoms with Crippen LogP contribution < -0.4 is 5.32 Å². The zero-order chi connectivity index (χ0) is 17.1. The van der Waals surface area contributed by atoms with Crippen molar-refractivity contribution >= 4 is 16.9 Å². The number of aryl methyl sites for hydroxylation is 1. The molecule has 0 radical (unpaired) electrons. The summed E-state index contributed by atoms with van der Waals surface area (Å²) in [6.45, 7) is 6.02. The molecule has 1 aliphatic rings. The molecular weight excluding hydrogens is 318 g/mol. The molecule has 1 saturated heterocycles. The summed E-state index contributed by atoms with van der Waals surface area (Å²) < 4.78 is 10.7. The predicted molar refractivity (Wildman–Crippen MR) is 94.4 cm³/mol. The Morgan fingerprint density at radius 2 is 1.96 bits per heavy atom. The Bertz CT molecular complexity index is 830. The highest BCUT2D eigenvalue weighted by molar-refractivity contribution is 5.87. The summed E-state index contributed by atoms with van der Waals surface area (Å²) in [5.41, 5.74) is 2.59. The fourth-order valence-electron chi connectivity index (χ4n) is 3.27. The lowest BCUT2D eigenvalue weighted by Gasteiger charge is -2.35. The van der Waals surface area contributed by atoms with Crippen LogP contribution in [-0.2, 0) is 4.74 Å². The van der Waals surface area contributed by atoms with Gasteiger partial charge >= 0.3 is 0 Å². The maximum absolute atomic E-state index is 5.51. The molecule has 1 atom stereocenters. The van der Waals surface area contributed by atoms with E-state index in [1.54, 1.807) is 0 Å². The van der Waals surface area contributed by atoms with Gasteiger partial charge in [0.05, 0.1) is 24.9 Å². The maximum atomic E-state index is 5.51. The number of aromatic nitrogens is 3. The molecule has 0 saturated carbocycles. The smallest absolute Gasteiger partial charge is 0.263 e. The van der Waals surface area contributed by atoms with Crippen LogP contribution in [0.2, 0.25) is 0 Å². The average Bonchev–Trinajstić information content (AvgIpc) is 3.06. The van der Waals surface area contributed by atoms with Crippen LogP contribution in [0.15, 0.2) is 41.2 Å². The fourth-order valence-corrected chi connectivity index (χ4v) is 3.27. The summed E-state index contributed by atoms with van der Waals surface area (Å²) in [5.74, 6) is 0.762. The van der Waals surface area contributed by atoms with Gasteiger partial charge in [-0.2, -0.15) is 4.98 Å². The Labute approximate surface area is 146 Å². The molecule has 7 heteroatoms. The highest BCUT2D eigenvalue weighted by Gasteiger charge is 2.23. The Morgan fingerprint density at radius 1 is 1.16 bits per heavy atom. The molecule has 130 valence electrons. The normalized spacial score (nSPS) is 16.8. The van der Waals surface area contributed by atoms with E-state index in [-0.39, 0.29) is 6.04 Å². The van der Waals surface area contributed by atoms with Crippen LogP contribution in [0.5, 0.6) is 0 Å². The van der Waals surface area contributed by atoms with Crippen molar-refractivity contribution in [1.82, 2.24) is 20.0 Å². The maximum Gasteiger partial charge on any atom is 0.263 e. The number of hydrogen-bond acceptors (Lipinski definition) is 7. The first-order chi connectivity index (χ1) is 12.3. The molecule has 3 heterocycles. The lowest BCUT2D eigenvalue weighted by Crippen LogP contribution is -2.41. The van der Waals surface area contributed by atoms with E-state index in [4.69, 9.17) is 9.26 Å². The summed E-state index contributed by atoms with van der Waals surface area (Å²) >= 11 is 0. The minimum atomic E-state index is 0.246. The zero-order valence-corrected chi connectivity index (χ0v) is 14.2. The third-order valence-corrected chi connectivity index (χ3v) is 4.58. The van der Waals surface area contributed by atoms with Crippen molar-refractivity contribution < 1.29 is 9.26 Å². The van der Waals surface area contributed by atoms with Crippen LogP contribution >= 0.6 is 0 Å². The van der Waals surface area contributed by atoms with Gasteiger partial charge in [-0.05, 0) is 12.5 Å². The Morgan fingerprint density at radius 3 is 2.76 bits per heavy atom. The Balaban J connectivity index is 1.59.